The van der Waals surface area contributed by atoms with Crippen LogP contribution in [0.3, 0.4) is 0 Å². The summed E-state index contributed by atoms with van der Waals surface area (Å²) in [6.07, 6.45) is 7.69. The van der Waals surface area contributed by atoms with Gasteiger partial charge in [0.2, 0.25) is 0 Å². The molecule has 0 aliphatic carbocycles. The zero-order valence-electron chi connectivity index (χ0n) is 13.2. The van der Waals surface area contributed by atoms with Gasteiger partial charge in [0.05, 0.1) is 29.7 Å². The first-order valence-electron chi connectivity index (χ1n) is 7.79. The smallest absolute Gasteiger partial charge is 0.137 e. The summed E-state index contributed by atoms with van der Waals surface area (Å²) in [6, 6.07) is 13.9. The van der Waals surface area contributed by atoms with Gasteiger partial charge in [-0.1, -0.05) is 18.2 Å². The number of fused-ring (bicyclic) bond motifs is 1. The van der Waals surface area contributed by atoms with Crippen LogP contribution in [0.2, 0.25) is 0 Å². The first-order valence-corrected chi connectivity index (χ1v) is 7.79. The molecule has 3 aromatic heterocycles. The molecule has 0 N–H and O–H groups in total. The fourth-order valence-electron chi connectivity index (χ4n) is 2.85. The predicted molar refractivity (Wildman–Crippen MR) is 92.2 cm³/mol. The summed E-state index contributed by atoms with van der Waals surface area (Å²) < 4.78 is 3.91. The van der Waals surface area contributed by atoms with E-state index in [2.05, 4.69) is 23.1 Å². The van der Waals surface area contributed by atoms with E-state index in [-0.39, 0.29) is 0 Å². The molecule has 5 nitrogen and oxygen atoms in total. The maximum atomic E-state index is 9.32. The van der Waals surface area contributed by atoms with E-state index < -0.39 is 0 Å². The maximum absolute atomic E-state index is 9.32. The SMILES string of the molecule is CCn1cc(-c2ccn3c(-c4ccccc4C#N)cnc3c2)cn1. The lowest BCUT2D eigenvalue weighted by atomic mass is 10.1. The molecule has 116 valence electrons. The van der Waals surface area contributed by atoms with Crippen molar-refractivity contribution < 1.29 is 0 Å². The van der Waals surface area contributed by atoms with Gasteiger partial charge in [0, 0.05) is 30.1 Å². The lowest BCUT2D eigenvalue weighted by Crippen LogP contribution is -1.92. The molecule has 24 heavy (non-hydrogen) atoms. The summed E-state index contributed by atoms with van der Waals surface area (Å²) in [4.78, 5) is 4.51. The van der Waals surface area contributed by atoms with Gasteiger partial charge in [-0.05, 0) is 30.7 Å². The number of nitriles is 1. The van der Waals surface area contributed by atoms with E-state index in [1.54, 1.807) is 0 Å². The first-order chi connectivity index (χ1) is 11.8. The van der Waals surface area contributed by atoms with E-state index in [0.29, 0.717) is 5.56 Å². The van der Waals surface area contributed by atoms with E-state index in [1.165, 1.54) is 0 Å². The highest BCUT2D eigenvalue weighted by Gasteiger charge is 2.11. The number of benzene rings is 1. The monoisotopic (exact) mass is 313 g/mol. The van der Waals surface area contributed by atoms with Crippen LogP contribution in [0.15, 0.2) is 61.2 Å². The third-order valence-electron chi connectivity index (χ3n) is 4.13. The summed E-state index contributed by atoms with van der Waals surface area (Å²) >= 11 is 0. The standard InChI is InChI=1S/C19H15N5/c1-2-23-13-16(11-22-23)14-7-8-24-18(12-21-19(24)9-14)17-6-4-3-5-15(17)10-20/h3-9,11-13H,2H2,1H3. The van der Waals surface area contributed by atoms with Crippen molar-refractivity contribution in [3.05, 3.63) is 66.7 Å². The second kappa shape index (κ2) is 5.67. The van der Waals surface area contributed by atoms with Gasteiger partial charge in [-0.25, -0.2) is 4.98 Å². The van der Waals surface area contributed by atoms with Crippen LogP contribution in [0, 0.1) is 11.3 Å². The van der Waals surface area contributed by atoms with Crippen LogP contribution >= 0.6 is 0 Å². The molecule has 4 aromatic rings. The molecule has 3 heterocycles. The summed E-state index contributed by atoms with van der Waals surface area (Å²) in [5.41, 5.74) is 5.44. The second-order valence-corrected chi connectivity index (χ2v) is 5.53. The molecule has 0 bridgehead atoms. The Morgan fingerprint density at radius 2 is 2.00 bits per heavy atom. The van der Waals surface area contributed by atoms with Crippen LogP contribution in [0.4, 0.5) is 0 Å². The van der Waals surface area contributed by atoms with Crippen LogP contribution in [-0.2, 0) is 6.54 Å². The van der Waals surface area contributed by atoms with Crippen LogP contribution in [0.25, 0.3) is 28.0 Å². The lowest BCUT2D eigenvalue weighted by Gasteiger charge is -2.05. The number of imidazole rings is 1. The molecule has 0 aliphatic rings. The Morgan fingerprint density at radius 3 is 2.79 bits per heavy atom. The van der Waals surface area contributed by atoms with Crippen molar-refractivity contribution in [3.63, 3.8) is 0 Å². The van der Waals surface area contributed by atoms with Gasteiger partial charge in [-0.3, -0.25) is 9.08 Å². The van der Waals surface area contributed by atoms with Gasteiger partial charge in [-0.15, -0.1) is 0 Å². The van der Waals surface area contributed by atoms with E-state index >= 15 is 0 Å². The number of aromatic nitrogens is 4. The van der Waals surface area contributed by atoms with E-state index in [9.17, 15) is 5.26 Å². The Hall–Kier alpha value is -3.39. The van der Waals surface area contributed by atoms with Crippen molar-refractivity contribution in [1.82, 2.24) is 19.2 Å². The lowest BCUT2D eigenvalue weighted by molar-refractivity contribution is 0.660. The van der Waals surface area contributed by atoms with Gasteiger partial charge in [0.25, 0.3) is 0 Å². The summed E-state index contributed by atoms with van der Waals surface area (Å²) in [5, 5.41) is 13.6. The number of pyridine rings is 1. The third kappa shape index (κ3) is 2.25. The van der Waals surface area contributed by atoms with Gasteiger partial charge in [-0.2, -0.15) is 10.4 Å². The van der Waals surface area contributed by atoms with Gasteiger partial charge >= 0.3 is 0 Å². The number of hydrogen-bond donors (Lipinski definition) is 0. The van der Waals surface area contributed by atoms with Crippen molar-refractivity contribution >= 4 is 5.65 Å². The Bertz CT molecular complexity index is 1060. The summed E-state index contributed by atoms with van der Waals surface area (Å²) in [5.74, 6) is 0. The molecule has 0 unspecified atom stereocenters. The van der Waals surface area contributed by atoms with Crippen molar-refractivity contribution in [2.75, 3.05) is 0 Å². The van der Waals surface area contributed by atoms with E-state index in [0.717, 1.165) is 34.6 Å². The average Bonchev–Trinajstić information content (AvgIpc) is 3.28. The predicted octanol–water partition coefficient (Wildman–Crippen LogP) is 3.76. The zero-order chi connectivity index (χ0) is 16.5. The van der Waals surface area contributed by atoms with Crippen molar-refractivity contribution in [2.45, 2.75) is 13.5 Å². The number of rotatable bonds is 3. The minimum Gasteiger partial charge on any atom is -0.300 e. The highest BCUT2D eigenvalue weighted by atomic mass is 15.3. The molecule has 4 rings (SSSR count). The summed E-state index contributed by atoms with van der Waals surface area (Å²) in [7, 11) is 0. The topological polar surface area (TPSA) is 58.9 Å². The quantitative estimate of drug-likeness (QED) is 0.578. The molecule has 0 saturated carbocycles. The van der Waals surface area contributed by atoms with Crippen LogP contribution in [0.1, 0.15) is 12.5 Å². The fraction of sp³-hybridized carbons (Fsp3) is 0.105. The number of aryl methyl sites for hydroxylation is 1. The molecule has 5 heteroatoms. The molecule has 0 atom stereocenters. The Balaban J connectivity index is 1.83. The fourth-order valence-corrected chi connectivity index (χ4v) is 2.85. The first kappa shape index (κ1) is 14.2. The third-order valence-corrected chi connectivity index (χ3v) is 4.13. The highest BCUT2D eigenvalue weighted by molar-refractivity contribution is 5.73. The Morgan fingerprint density at radius 1 is 1.12 bits per heavy atom. The Kier molecular flexibility index (Phi) is 3.36. The molecule has 0 aliphatic heterocycles. The molecule has 0 spiro atoms. The van der Waals surface area contributed by atoms with Gasteiger partial charge in [0.1, 0.15) is 5.65 Å². The minimum absolute atomic E-state index is 0.646. The zero-order valence-corrected chi connectivity index (χ0v) is 13.2. The van der Waals surface area contributed by atoms with E-state index in [4.69, 9.17) is 0 Å². The van der Waals surface area contributed by atoms with Gasteiger partial charge in [0.15, 0.2) is 0 Å². The molecule has 0 radical (unpaired) electrons. The molecule has 0 amide bonds. The van der Waals surface area contributed by atoms with Gasteiger partial charge < -0.3 is 0 Å². The van der Waals surface area contributed by atoms with Crippen molar-refractivity contribution in [3.8, 4) is 28.5 Å². The van der Waals surface area contributed by atoms with Crippen LogP contribution in [0.5, 0.6) is 0 Å². The van der Waals surface area contributed by atoms with E-state index in [1.807, 2.05) is 70.3 Å². The maximum Gasteiger partial charge on any atom is 0.137 e. The molecule has 0 saturated heterocycles. The molecular formula is C19H15N5. The Labute approximate surface area is 139 Å². The van der Waals surface area contributed by atoms with Crippen LogP contribution in [-0.4, -0.2) is 19.2 Å². The highest BCUT2D eigenvalue weighted by Crippen LogP contribution is 2.26. The van der Waals surface area contributed by atoms with Crippen LogP contribution < -0.4 is 0 Å². The molecule has 0 fully saturated rings. The number of hydrogen-bond acceptors (Lipinski definition) is 3. The van der Waals surface area contributed by atoms with Crippen molar-refractivity contribution in [1.29, 1.82) is 5.26 Å². The largest absolute Gasteiger partial charge is 0.300 e. The number of nitrogens with zero attached hydrogens (tertiary/aromatic N) is 5. The van der Waals surface area contributed by atoms with Crippen molar-refractivity contribution in [2.24, 2.45) is 0 Å². The normalized spacial score (nSPS) is 10.8. The molecular weight excluding hydrogens is 298 g/mol. The summed E-state index contributed by atoms with van der Waals surface area (Å²) in [6.45, 7) is 2.91. The second-order valence-electron chi connectivity index (χ2n) is 5.53. The average molecular weight is 313 g/mol. The minimum atomic E-state index is 0.646. The molecule has 1 aromatic carbocycles.